The number of rotatable bonds is 6. The molecule has 0 fully saturated rings. The molecule has 0 spiro atoms. The van der Waals surface area contributed by atoms with Crippen molar-refractivity contribution >= 4 is 29.2 Å². The molecule has 0 aliphatic heterocycles. The number of aromatic nitrogens is 2. The summed E-state index contributed by atoms with van der Waals surface area (Å²) in [4.78, 5) is 29.3. The van der Waals surface area contributed by atoms with E-state index in [1.807, 2.05) is 37.4 Å². The zero-order valence-corrected chi connectivity index (χ0v) is 16.6. The maximum atomic E-state index is 12.9. The van der Waals surface area contributed by atoms with Crippen molar-refractivity contribution in [1.82, 2.24) is 9.55 Å². The number of anilines is 2. The van der Waals surface area contributed by atoms with Gasteiger partial charge in [0, 0.05) is 5.69 Å². The molecule has 0 saturated heterocycles. The highest BCUT2D eigenvalue weighted by Gasteiger charge is 2.19. The second-order valence-electron chi connectivity index (χ2n) is 6.76. The van der Waals surface area contributed by atoms with Gasteiger partial charge >= 0.3 is 5.97 Å². The Balaban J connectivity index is 2.36. The van der Waals surface area contributed by atoms with E-state index in [1.54, 1.807) is 27.0 Å². The van der Waals surface area contributed by atoms with Crippen LogP contribution in [0.5, 0.6) is 0 Å². The average molecular weight is 375 g/mol. The van der Waals surface area contributed by atoms with Crippen LogP contribution < -0.4 is 10.9 Å². The molecule has 140 valence electrons. The third-order valence-electron chi connectivity index (χ3n) is 3.59. The van der Waals surface area contributed by atoms with Crippen LogP contribution in [0.1, 0.15) is 33.3 Å². The first-order chi connectivity index (χ1) is 12.2. The van der Waals surface area contributed by atoms with Crippen LogP contribution in [0.25, 0.3) is 0 Å². The largest absolute Gasteiger partial charge is 0.459 e. The van der Waals surface area contributed by atoms with Crippen molar-refractivity contribution in [2.75, 3.05) is 11.6 Å². The number of nitrogens with zero attached hydrogens (tertiary/aromatic N) is 2. The molecular formula is C19H25N3O3S. The Morgan fingerprint density at radius 3 is 2.62 bits per heavy atom. The summed E-state index contributed by atoms with van der Waals surface area (Å²) in [7, 11) is 0. The van der Waals surface area contributed by atoms with Crippen molar-refractivity contribution in [2.45, 2.75) is 51.3 Å². The Bertz CT molecular complexity index is 841. The number of carbonyl (C=O) groups is 1. The summed E-state index contributed by atoms with van der Waals surface area (Å²) in [6.45, 7) is 7.28. The first kappa shape index (κ1) is 20.0. The quantitative estimate of drug-likeness (QED) is 0.614. The SMILES string of the molecule is CCc1ccccc1Nc1ncc(SC)n(CC(=O)OC(C)(C)C)c1=O. The standard InChI is InChI=1S/C19H25N3O3S/c1-6-13-9-7-8-10-14(13)21-17-18(24)22(15(26-5)11-20-17)12-16(23)25-19(2,3)4/h7-11H,6,12H2,1-5H3,(H,20,21). The molecule has 1 heterocycles. The van der Waals surface area contributed by atoms with E-state index in [2.05, 4.69) is 10.3 Å². The van der Waals surface area contributed by atoms with Crippen LogP contribution in [0.2, 0.25) is 0 Å². The third-order valence-corrected chi connectivity index (χ3v) is 4.33. The second-order valence-corrected chi connectivity index (χ2v) is 7.59. The molecule has 2 aromatic rings. The molecule has 0 aliphatic carbocycles. The molecule has 26 heavy (non-hydrogen) atoms. The number of esters is 1. The fraction of sp³-hybridized carbons (Fsp3) is 0.421. The van der Waals surface area contributed by atoms with Gasteiger partial charge in [-0.05, 0) is 45.1 Å². The van der Waals surface area contributed by atoms with Crippen molar-refractivity contribution in [3.8, 4) is 0 Å². The number of hydrogen-bond acceptors (Lipinski definition) is 6. The maximum absolute atomic E-state index is 12.9. The highest BCUT2D eigenvalue weighted by molar-refractivity contribution is 7.98. The van der Waals surface area contributed by atoms with Gasteiger partial charge in [0.25, 0.3) is 5.56 Å². The minimum Gasteiger partial charge on any atom is -0.459 e. The molecule has 0 bridgehead atoms. The number of benzene rings is 1. The zero-order valence-electron chi connectivity index (χ0n) is 15.8. The molecule has 6 nitrogen and oxygen atoms in total. The molecule has 0 radical (unpaired) electrons. The van der Waals surface area contributed by atoms with Crippen molar-refractivity contribution in [3.05, 3.63) is 46.4 Å². The Kier molecular flexibility index (Phi) is 6.47. The van der Waals surface area contributed by atoms with Gasteiger partial charge in [0.2, 0.25) is 0 Å². The van der Waals surface area contributed by atoms with Crippen LogP contribution in [0.4, 0.5) is 11.5 Å². The van der Waals surface area contributed by atoms with Gasteiger partial charge in [-0.25, -0.2) is 4.98 Å². The molecule has 7 heteroatoms. The smallest absolute Gasteiger partial charge is 0.326 e. The number of carbonyl (C=O) groups excluding carboxylic acids is 1. The van der Waals surface area contributed by atoms with E-state index in [1.165, 1.54) is 16.3 Å². The third kappa shape index (κ3) is 5.11. The summed E-state index contributed by atoms with van der Waals surface area (Å²) in [6, 6.07) is 7.75. The van der Waals surface area contributed by atoms with E-state index < -0.39 is 11.6 Å². The van der Waals surface area contributed by atoms with E-state index >= 15 is 0 Å². The predicted molar refractivity (Wildman–Crippen MR) is 105 cm³/mol. The van der Waals surface area contributed by atoms with Crippen molar-refractivity contribution in [2.24, 2.45) is 0 Å². The fourth-order valence-corrected chi connectivity index (χ4v) is 2.98. The van der Waals surface area contributed by atoms with Crippen molar-refractivity contribution < 1.29 is 9.53 Å². The number of nitrogens with one attached hydrogen (secondary N) is 1. The van der Waals surface area contributed by atoms with Gasteiger partial charge in [0.05, 0.1) is 11.2 Å². The molecule has 1 aromatic heterocycles. The van der Waals surface area contributed by atoms with Gasteiger partial charge in [0.1, 0.15) is 12.1 Å². The average Bonchev–Trinajstić information content (AvgIpc) is 2.57. The summed E-state index contributed by atoms with van der Waals surface area (Å²) < 4.78 is 6.73. The van der Waals surface area contributed by atoms with Crippen molar-refractivity contribution in [3.63, 3.8) is 0 Å². The number of thioether (sulfide) groups is 1. The van der Waals surface area contributed by atoms with Crippen LogP contribution in [0, 0.1) is 0 Å². The molecular weight excluding hydrogens is 350 g/mol. The van der Waals surface area contributed by atoms with Crippen LogP contribution in [-0.4, -0.2) is 27.4 Å². The summed E-state index contributed by atoms with van der Waals surface area (Å²) in [5, 5.41) is 3.71. The summed E-state index contributed by atoms with van der Waals surface area (Å²) in [5.41, 5.74) is 0.962. The van der Waals surface area contributed by atoms with Crippen LogP contribution in [0.3, 0.4) is 0 Å². The molecule has 0 aliphatic rings. The predicted octanol–water partition coefficient (Wildman–Crippen LogP) is 3.61. The highest BCUT2D eigenvalue weighted by atomic mass is 32.2. The van der Waals surface area contributed by atoms with Gasteiger partial charge in [-0.1, -0.05) is 25.1 Å². The van der Waals surface area contributed by atoms with Gasteiger partial charge in [-0.3, -0.25) is 14.2 Å². The molecule has 0 saturated carbocycles. The van der Waals surface area contributed by atoms with E-state index in [0.717, 1.165) is 17.7 Å². The van der Waals surface area contributed by atoms with Gasteiger partial charge in [-0.15, -0.1) is 11.8 Å². The van der Waals surface area contributed by atoms with Crippen LogP contribution in [-0.2, 0) is 22.5 Å². The fourth-order valence-electron chi connectivity index (χ4n) is 2.45. The van der Waals surface area contributed by atoms with Gasteiger partial charge in [-0.2, -0.15) is 0 Å². The molecule has 1 N–H and O–H groups in total. The zero-order chi connectivity index (χ0) is 19.3. The monoisotopic (exact) mass is 375 g/mol. The van der Waals surface area contributed by atoms with Gasteiger partial charge in [0.15, 0.2) is 5.82 Å². The molecule has 1 aromatic carbocycles. The molecule has 0 atom stereocenters. The minimum absolute atomic E-state index is 0.154. The minimum atomic E-state index is -0.603. The van der Waals surface area contributed by atoms with Crippen LogP contribution in [0.15, 0.2) is 40.3 Å². The number of aryl methyl sites for hydroxylation is 1. The Hall–Kier alpha value is -2.28. The van der Waals surface area contributed by atoms with Gasteiger partial charge < -0.3 is 10.1 Å². The normalized spacial score (nSPS) is 11.3. The van der Waals surface area contributed by atoms with E-state index in [0.29, 0.717) is 5.03 Å². The topological polar surface area (TPSA) is 73.2 Å². The van der Waals surface area contributed by atoms with E-state index in [9.17, 15) is 9.59 Å². The summed E-state index contributed by atoms with van der Waals surface area (Å²) >= 11 is 1.36. The first-order valence-corrected chi connectivity index (χ1v) is 9.68. The molecule has 0 unspecified atom stereocenters. The van der Waals surface area contributed by atoms with E-state index in [4.69, 9.17) is 4.74 Å². The highest BCUT2D eigenvalue weighted by Crippen LogP contribution is 2.20. The Morgan fingerprint density at radius 1 is 1.31 bits per heavy atom. The van der Waals surface area contributed by atoms with E-state index in [-0.39, 0.29) is 17.9 Å². The number of para-hydroxylation sites is 1. The van der Waals surface area contributed by atoms with Crippen molar-refractivity contribution in [1.29, 1.82) is 0 Å². The first-order valence-electron chi connectivity index (χ1n) is 8.45. The maximum Gasteiger partial charge on any atom is 0.326 e. The Morgan fingerprint density at radius 2 is 2.00 bits per heavy atom. The summed E-state index contributed by atoms with van der Waals surface area (Å²) in [6.07, 6.45) is 4.26. The second kappa shape index (κ2) is 8.40. The number of hydrogen-bond donors (Lipinski definition) is 1. The Labute approximate surface area is 158 Å². The number of ether oxygens (including phenoxy) is 1. The lowest BCUT2D eigenvalue weighted by molar-refractivity contribution is -0.155. The lowest BCUT2D eigenvalue weighted by atomic mass is 10.1. The molecule has 2 rings (SSSR count). The lowest BCUT2D eigenvalue weighted by Gasteiger charge is -2.20. The lowest BCUT2D eigenvalue weighted by Crippen LogP contribution is -2.32. The molecule has 0 amide bonds. The van der Waals surface area contributed by atoms with Crippen LogP contribution >= 0.6 is 11.8 Å². The summed E-state index contributed by atoms with van der Waals surface area (Å²) in [5.74, 6) is -0.270.